The van der Waals surface area contributed by atoms with E-state index in [1.54, 1.807) is 19.0 Å². The summed E-state index contributed by atoms with van der Waals surface area (Å²) in [6, 6.07) is 10.7. The normalized spacial score (nSPS) is 16.8. The summed E-state index contributed by atoms with van der Waals surface area (Å²) >= 11 is 0. The lowest BCUT2D eigenvalue weighted by Crippen LogP contribution is -2.45. The molecule has 0 saturated carbocycles. The Kier molecular flexibility index (Phi) is 12.7. The highest BCUT2D eigenvalue weighted by atomic mass is 16.5. The standard InChI is InChI=1S/C24H41N5O3/c1-4-29-14-8-12-22(29)18-26-24(27-19-23(30)28(2)3)25-13-9-15-31-16-17-32-20-21-10-6-5-7-11-21/h5-7,10-11,22H,4,8-9,12-20H2,1-3H3,(H2,25,26,27). The minimum absolute atomic E-state index is 0.0130. The van der Waals surface area contributed by atoms with Crippen LogP contribution in [-0.2, 0) is 20.9 Å². The smallest absolute Gasteiger partial charge is 0.243 e. The van der Waals surface area contributed by atoms with Crippen molar-refractivity contribution in [3.05, 3.63) is 35.9 Å². The molecule has 1 aliphatic heterocycles. The molecule has 180 valence electrons. The van der Waals surface area contributed by atoms with Crippen LogP contribution in [0.5, 0.6) is 0 Å². The number of rotatable bonds is 14. The lowest BCUT2D eigenvalue weighted by atomic mass is 10.2. The van der Waals surface area contributed by atoms with Crippen LogP contribution in [0, 0.1) is 0 Å². The van der Waals surface area contributed by atoms with Crippen LogP contribution in [0.25, 0.3) is 0 Å². The fraction of sp³-hybridized carbons (Fsp3) is 0.667. The van der Waals surface area contributed by atoms with Gasteiger partial charge in [0.25, 0.3) is 0 Å². The monoisotopic (exact) mass is 447 g/mol. The number of nitrogens with one attached hydrogen (secondary N) is 2. The van der Waals surface area contributed by atoms with Crippen molar-refractivity contribution in [2.24, 2.45) is 4.99 Å². The van der Waals surface area contributed by atoms with Gasteiger partial charge in [-0.05, 0) is 37.9 Å². The second-order valence-corrected chi connectivity index (χ2v) is 8.19. The van der Waals surface area contributed by atoms with Crippen LogP contribution in [0.1, 0.15) is 31.7 Å². The molecule has 0 bridgehead atoms. The third-order valence-corrected chi connectivity index (χ3v) is 5.52. The highest BCUT2D eigenvalue weighted by Gasteiger charge is 2.22. The van der Waals surface area contributed by atoms with Crippen LogP contribution in [0.2, 0.25) is 0 Å². The Morgan fingerprint density at radius 2 is 1.94 bits per heavy atom. The average molecular weight is 448 g/mol. The van der Waals surface area contributed by atoms with Crippen molar-refractivity contribution < 1.29 is 14.3 Å². The zero-order valence-corrected chi connectivity index (χ0v) is 20.0. The van der Waals surface area contributed by atoms with Gasteiger partial charge < -0.3 is 25.0 Å². The summed E-state index contributed by atoms with van der Waals surface area (Å²) in [5.74, 6) is 0.676. The second-order valence-electron chi connectivity index (χ2n) is 8.19. The van der Waals surface area contributed by atoms with Crippen molar-refractivity contribution in [1.82, 2.24) is 20.4 Å². The number of carbonyl (C=O) groups is 1. The van der Waals surface area contributed by atoms with Crippen molar-refractivity contribution in [2.45, 2.75) is 38.8 Å². The SMILES string of the molecule is CCN1CCCC1CNC(=NCC(=O)N(C)C)NCCCOCCOCc1ccccc1. The fourth-order valence-electron chi connectivity index (χ4n) is 3.58. The molecule has 1 aromatic rings. The first-order chi connectivity index (χ1) is 15.6. The molecule has 2 rings (SSSR count). The van der Waals surface area contributed by atoms with Gasteiger partial charge in [-0.2, -0.15) is 0 Å². The summed E-state index contributed by atoms with van der Waals surface area (Å²) in [4.78, 5) is 20.4. The van der Waals surface area contributed by atoms with Crippen molar-refractivity contribution in [2.75, 3.05) is 66.6 Å². The Morgan fingerprint density at radius 3 is 2.69 bits per heavy atom. The molecular formula is C24H41N5O3. The molecule has 1 heterocycles. The van der Waals surface area contributed by atoms with E-state index in [0.717, 1.165) is 32.6 Å². The summed E-state index contributed by atoms with van der Waals surface area (Å²) < 4.78 is 11.3. The Hall–Kier alpha value is -2.16. The van der Waals surface area contributed by atoms with E-state index in [2.05, 4.69) is 39.6 Å². The molecule has 0 aliphatic carbocycles. The molecule has 8 heteroatoms. The van der Waals surface area contributed by atoms with Gasteiger partial charge >= 0.3 is 0 Å². The lowest BCUT2D eigenvalue weighted by molar-refractivity contribution is -0.127. The van der Waals surface area contributed by atoms with Gasteiger partial charge in [0.2, 0.25) is 5.91 Å². The summed E-state index contributed by atoms with van der Waals surface area (Å²) in [5.41, 5.74) is 1.17. The third-order valence-electron chi connectivity index (χ3n) is 5.52. The largest absolute Gasteiger partial charge is 0.379 e. The zero-order valence-electron chi connectivity index (χ0n) is 20.0. The lowest BCUT2D eigenvalue weighted by Gasteiger charge is -2.24. The van der Waals surface area contributed by atoms with Crippen LogP contribution in [-0.4, -0.2) is 94.3 Å². The van der Waals surface area contributed by atoms with Crippen LogP contribution >= 0.6 is 0 Å². The Morgan fingerprint density at radius 1 is 1.16 bits per heavy atom. The van der Waals surface area contributed by atoms with E-state index in [-0.39, 0.29) is 12.5 Å². The molecule has 1 amide bonds. The van der Waals surface area contributed by atoms with Gasteiger partial charge in [-0.15, -0.1) is 0 Å². The number of aliphatic imine (C=N–C) groups is 1. The average Bonchev–Trinajstić information content (AvgIpc) is 3.27. The van der Waals surface area contributed by atoms with Crippen molar-refractivity contribution >= 4 is 11.9 Å². The van der Waals surface area contributed by atoms with Gasteiger partial charge in [-0.25, -0.2) is 4.99 Å². The molecule has 32 heavy (non-hydrogen) atoms. The van der Waals surface area contributed by atoms with Gasteiger partial charge in [0.1, 0.15) is 6.54 Å². The van der Waals surface area contributed by atoms with Crippen LogP contribution in [0.15, 0.2) is 35.3 Å². The first-order valence-corrected chi connectivity index (χ1v) is 11.8. The zero-order chi connectivity index (χ0) is 23.0. The third kappa shape index (κ3) is 10.4. The highest BCUT2D eigenvalue weighted by Crippen LogP contribution is 2.15. The number of carbonyl (C=O) groups excluding carboxylic acids is 1. The number of likely N-dealkylation sites (N-methyl/N-ethyl adjacent to an activating group) is 2. The van der Waals surface area contributed by atoms with E-state index in [1.165, 1.54) is 18.4 Å². The molecule has 0 radical (unpaired) electrons. The summed E-state index contributed by atoms with van der Waals surface area (Å²) in [7, 11) is 3.49. The number of benzene rings is 1. The van der Waals surface area contributed by atoms with E-state index in [4.69, 9.17) is 9.47 Å². The number of amides is 1. The molecule has 0 spiro atoms. The number of nitrogens with zero attached hydrogens (tertiary/aromatic N) is 3. The Bertz CT molecular complexity index is 669. The number of ether oxygens (including phenoxy) is 2. The van der Waals surface area contributed by atoms with Gasteiger partial charge in [-0.3, -0.25) is 9.69 Å². The highest BCUT2D eigenvalue weighted by molar-refractivity contribution is 5.84. The molecule has 1 saturated heterocycles. The summed E-state index contributed by atoms with van der Waals surface area (Å²) in [6.07, 6.45) is 3.29. The van der Waals surface area contributed by atoms with E-state index in [1.807, 2.05) is 18.2 Å². The Labute approximate surface area is 193 Å². The first kappa shape index (κ1) is 26.1. The minimum Gasteiger partial charge on any atom is -0.379 e. The van der Waals surface area contributed by atoms with Gasteiger partial charge in [0.05, 0.1) is 19.8 Å². The molecule has 2 N–H and O–H groups in total. The predicted octanol–water partition coefficient (Wildman–Crippen LogP) is 1.72. The van der Waals surface area contributed by atoms with Crippen LogP contribution in [0.3, 0.4) is 0 Å². The fourth-order valence-corrected chi connectivity index (χ4v) is 3.58. The van der Waals surface area contributed by atoms with Crippen molar-refractivity contribution in [1.29, 1.82) is 0 Å². The van der Waals surface area contributed by atoms with E-state index in [9.17, 15) is 4.79 Å². The molecule has 1 aliphatic rings. The number of guanidine groups is 1. The number of hydrogen-bond donors (Lipinski definition) is 2. The summed E-state index contributed by atoms with van der Waals surface area (Å²) in [6.45, 7) is 8.56. The predicted molar refractivity (Wildman–Crippen MR) is 129 cm³/mol. The van der Waals surface area contributed by atoms with Crippen LogP contribution in [0.4, 0.5) is 0 Å². The second kappa shape index (κ2) is 15.6. The molecule has 1 aromatic carbocycles. The molecule has 8 nitrogen and oxygen atoms in total. The molecule has 1 fully saturated rings. The quantitative estimate of drug-likeness (QED) is 0.257. The van der Waals surface area contributed by atoms with Gasteiger partial charge in [0.15, 0.2) is 5.96 Å². The van der Waals surface area contributed by atoms with E-state index in [0.29, 0.717) is 38.4 Å². The van der Waals surface area contributed by atoms with Crippen LogP contribution < -0.4 is 10.6 Å². The number of hydrogen-bond acceptors (Lipinski definition) is 5. The molecule has 1 unspecified atom stereocenters. The van der Waals surface area contributed by atoms with Crippen molar-refractivity contribution in [3.63, 3.8) is 0 Å². The minimum atomic E-state index is -0.0130. The molecule has 1 atom stereocenters. The topological polar surface area (TPSA) is 78.4 Å². The van der Waals surface area contributed by atoms with Gasteiger partial charge in [0, 0.05) is 39.8 Å². The first-order valence-electron chi connectivity index (χ1n) is 11.8. The maximum Gasteiger partial charge on any atom is 0.243 e. The Balaban J connectivity index is 1.62. The van der Waals surface area contributed by atoms with E-state index < -0.39 is 0 Å². The maximum absolute atomic E-state index is 11.9. The number of likely N-dealkylation sites (tertiary alicyclic amines) is 1. The summed E-state index contributed by atoms with van der Waals surface area (Å²) in [5, 5.41) is 6.75. The molecule has 0 aromatic heterocycles. The van der Waals surface area contributed by atoms with E-state index >= 15 is 0 Å². The van der Waals surface area contributed by atoms with Gasteiger partial charge in [-0.1, -0.05) is 37.3 Å². The molecular weight excluding hydrogens is 406 g/mol. The van der Waals surface area contributed by atoms with Crippen molar-refractivity contribution in [3.8, 4) is 0 Å². The maximum atomic E-state index is 11.9.